The van der Waals surface area contributed by atoms with Crippen LogP contribution in [0.1, 0.15) is 31.7 Å². The molecule has 1 aliphatic heterocycles. The van der Waals surface area contributed by atoms with E-state index in [9.17, 15) is 13.2 Å². The summed E-state index contributed by atoms with van der Waals surface area (Å²) in [6.07, 6.45) is 6.50. The Morgan fingerprint density at radius 3 is 2.65 bits per heavy atom. The highest BCUT2D eigenvalue weighted by Gasteiger charge is 2.26. The van der Waals surface area contributed by atoms with Crippen molar-refractivity contribution in [1.82, 2.24) is 13.8 Å². The number of hydrogen-bond acceptors (Lipinski definition) is 3. The topological polar surface area (TPSA) is 62.6 Å². The van der Waals surface area contributed by atoms with Gasteiger partial charge in [-0.15, -0.1) is 0 Å². The first-order valence-corrected chi connectivity index (χ1v) is 9.89. The number of nitrogens with zero attached hydrogens (tertiary/aromatic N) is 3. The molecular formula is C16H27N3O3S. The second-order valence-corrected chi connectivity index (χ2v) is 8.25. The molecule has 1 aromatic rings. The second-order valence-electron chi connectivity index (χ2n) is 6.16. The van der Waals surface area contributed by atoms with Gasteiger partial charge in [-0.25, -0.2) is 12.7 Å². The van der Waals surface area contributed by atoms with Crippen molar-refractivity contribution < 1.29 is 13.2 Å². The monoisotopic (exact) mass is 341 g/mol. The van der Waals surface area contributed by atoms with Gasteiger partial charge in [-0.05, 0) is 24.5 Å². The highest BCUT2D eigenvalue weighted by Crippen LogP contribution is 2.12. The Bertz CT molecular complexity index is 624. The number of aromatic nitrogens is 1. The lowest BCUT2D eigenvalue weighted by Crippen LogP contribution is -2.38. The van der Waals surface area contributed by atoms with Gasteiger partial charge in [-0.3, -0.25) is 4.79 Å². The summed E-state index contributed by atoms with van der Waals surface area (Å²) >= 11 is 0. The summed E-state index contributed by atoms with van der Waals surface area (Å²) in [5, 5.41) is 0. The van der Waals surface area contributed by atoms with E-state index >= 15 is 0 Å². The molecule has 0 radical (unpaired) electrons. The van der Waals surface area contributed by atoms with E-state index in [4.69, 9.17) is 0 Å². The third kappa shape index (κ3) is 5.07. The van der Waals surface area contributed by atoms with Crippen LogP contribution < -0.4 is 0 Å². The first kappa shape index (κ1) is 18.0. The van der Waals surface area contributed by atoms with Crippen molar-refractivity contribution in [1.29, 1.82) is 0 Å². The van der Waals surface area contributed by atoms with E-state index in [1.165, 1.54) is 0 Å². The maximum atomic E-state index is 12.4. The van der Waals surface area contributed by atoms with Gasteiger partial charge in [0, 0.05) is 45.6 Å². The molecule has 0 spiro atoms. The quantitative estimate of drug-likeness (QED) is 0.782. The highest BCUT2D eigenvalue weighted by atomic mass is 32.2. The summed E-state index contributed by atoms with van der Waals surface area (Å²) in [4.78, 5) is 14.2. The number of unbranched alkanes of at least 4 members (excludes halogenated alkanes) is 1. The van der Waals surface area contributed by atoms with Gasteiger partial charge in [0.05, 0.1) is 12.2 Å². The molecule has 130 valence electrons. The molecule has 0 aliphatic carbocycles. The smallest absolute Gasteiger partial charge is 0.227 e. The Morgan fingerprint density at radius 2 is 2.00 bits per heavy atom. The molecule has 0 N–H and O–H groups in total. The lowest BCUT2D eigenvalue weighted by atomic mass is 10.2. The molecule has 1 saturated heterocycles. The van der Waals surface area contributed by atoms with Crippen molar-refractivity contribution in [3.8, 4) is 0 Å². The molecular weight excluding hydrogens is 314 g/mol. The Kier molecular flexibility index (Phi) is 6.24. The average Bonchev–Trinajstić information content (AvgIpc) is 2.77. The first-order chi connectivity index (χ1) is 10.9. The van der Waals surface area contributed by atoms with Gasteiger partial charge in [-0.1, -0.05) is 13.3 Å². The fourth-order valence-corrected chi connectivity index (χ4v) is 4.51. The SMILES string of the molecule is CCCCS(=O)(=O)N1CCCN(C(=O)Cc2ccn(C)c2)CC1. The number of rotatable bonds is 6. The zero-order chi connectivity index (χ0) is 16.9. The van der Waals surface area contributed by atoms with E-state index in [2.05, 4.69) is 0 Å². The van der Waals surface area contributed by atoms with E-state index in [0.29, 0.717) is 45.4 Å². The van der Waals surface area contributed by atoms with Crippen molar-refractivity contribution in [3.63, 3.8) is 0 Å². The Labute approximate surface area is 139 Å². The molecule has 23 heavy (non-hydrogen) atoms. The van der Waals surface area contributed by atoms with E-state index in [0.717, 1.165) is 12.0 Å². The van der Waals surface area contributed by atoms with Crippen molar-refractivity contribution in [2.45, 2.75) is 32.6 Å². The molecule has 1 aliphatic rings. The minimum Gasteiger partial charge on any atom is -0.357 e. The summed E-state index contributed by atoms with van der Waals surface area (Å²) < 4.78 is 28.1. The van der Waals surface area contributed by atoms with Crippen LogP contribution in [0.4, 0.5) is 0 Å². The number of carbonyl (C=O) groups excluding carboxylic acids is 1. The van der Waals surface area contributed by atoms with E-state index in [1.807, 2.05) is 37.0 Å². The largest absolute Gasteiger partial charge is 0.357 e. The summed E-state index contributed by atoms with van der Waals surface area (Å²) in [5.41, 5.74) is 0.995. The van der Waals surface area contributed by atoms with Crippen molar-refractivity contribution in [2.75, 3.05) is 31.9 Å². The Morgan fingerprint density at radius 1 is 1.22 bits per heavy atom. The van der Waals surface area contributed by atoms with Crippen LogP contribution in [0.5, 0.6) is 0 Å². The van der Waals surface area contributed by atoms with Crippen LogP contribution in [0.15, 0.2) is 18.5 Å². The molecule has 0 unspecified atom stereocenters. The average molecular weight is 341 g/mol. The van der Waals surface area contributed by atoms with Gasteiger partial charge in [0.25, 0.3) is 0 Å². The van der Waals surface area contributed by atoms with Gasteiger partial charge in [0.1, 0.15) is 0 Å². The summed E-state index contributed by atoms with van der Waals surface area (Å²) in [5.74, 6) is 0.283. The Balaban J connectivity index is 1.91. The number of hydrogen-bond donors (Lipinski definition) is 0. The lowest BCUT2D eigenvalue weighted by molar-refractivity contribution is -0.130. The standard InChI is InChI=1S/C16H27N3O3S/c1-3-4-12-23(21,22)19-8-5-7-18(10-11-19)16(20)13-15-6-9-17(2)14-15/h6,9,14H,3-5,7-8,10-13H2,1-2H3. The van der Waals surface area contributed by atoms with Gasteiger partial charge in [0.2, 0.25) is 15.9 Å². The molecule has 0 bridgehead atoms. The number of sulfonamides is 1. The van der Waals surface area contributed by atoms with Crippen molar-refractivity contribution >= 4 is 15.9 Å². The molecule has 7 heteroatoms. The Hall–Kier alpha value is -1.34. The molecule has 0 atom stereocenters. The van der Waals surface area contributed by atoms with E-state index < -0.39 is 10.0 Å². The summed E-state index contributed by atoms with van der Waals surface area (Å²) in [6, 6.07) is 1.94. The minimum absolute atomic E-state index is 0.0732. The minimum atomic E-state index is -3.18. The molecule has 0 aromatic carbocycles. The highest BCUT2D eigenvalue weighted by molar-refractivity contribution is 7.89. The van der Waals surface area contributed by atoms with Gasteiger partial charge < -0.3 is 9.47 Å². The predicted octanol–water partition coefficient (Wildman–Crippen LogP) is 1.23. The predicted molar refractivity (Wildman–Crippen MR) is 90.6 cm³/mol. The normalized spacial score (nSPS) is 17.2. The third-order valence-electron chi connectivity index (χ3n) is 4.21. The van der Waals surface area contributed by atoms with Gasteiger partial charge in [0.15, 0.2) is 0 Å². The van der Waals surface area contributed by atoms with Crippen molar-refractivity contribution in [2.24, 2.45) is 7.05 Å². The van der Waals surface area contributed by atoms with Crippen LogP contribution in [0, 0.1) is 0 Å². The van der Waals surface area contributed by atoms with Crippen LogP contribution in [0.2, 0.25) is 0 Å². The molecule has 0 saturated carbocycles. The van der Waals surface area contributed by atoms with Crippen LogP contribution in [0.25, 0.3) is 0 Å². The number of aryl methyl sites for hydroxylation is 1. The first-order valence-electron chi connectivity index (χ1n) is 8.29. The third-order valence-corrected chi connectivity index (χ3v) is 6.16. The lowest BCUT2D eigenvalue weighted by Gasteiger charge is -2.22. The zero-order valence-corrected chi connectivity index (χ0v) is 14.9. The fraction of sp³-hybridized carbons (Fsp3) is 0.688. The fourth-order valence-electron chi connectivity index (χ4n) is 2.83. The van der Waals surface area contributed by atoms with Gasteiger partial charge in [-0.2, -0.15) is 0 Å². The maximum Gasteiger partial charge on any atom is 0.227 e. The second kappa shape index (κ2) is 7.97. The van der Waals surface area contributed by atoms with Crippen LogP contribution in [-0.4, -0.2) is 60.0 Å². The molecule has 1 aromatic heterocycles. The molecule has 2 heterocycles. The van der Waals surface area contributed by atoms with Gasteiger partial charge >= 0.3 is 0 Å². The number of amides is 1. The molecule has 2 rings (SSSR count). The molecule has 1 amide bonds. The summed E-state index contributed by atoms with van der Waals surface area (Å²) in [7, 11) is -1.25. The number of carbonyl (C=O) groups is 1. The molecule has 1 fully saturated rings. The van der Waals surface area contributed by atoms with Crippen LogP contribution in [0.3, 0.4) is 0 Å². The van der Waals surface area contributed by atoms with E-state index in [-0.39, 0.29) is 11.7 Å². The van der Waals surface area contributed by atoms with Crippen molar-refractivity contribution in [3.05, 3.63) is 24.0 Å². The van der Waals surface area contributed by atoms with E-state index in [1.54, 1.807) is 9.21 Å². The molecule has 6 nitrogen and oxygen atoms in total. The summed E-state index contributed by atoms with van der Waals surface area (Å²) in [6.45, 7) is 4.03. The zero-order valence-electron chi connectivity index (χ0n) is 14.1. The maximum absolute atomic E-state index is 12.4. The van der Waals surface area contributed by atoms with Crippen LogP contribution in [-0.2, 0) is 28.3 Å². The van der Waals surface area contributed by atoms with Crippen LogP contribution >= 0.6 is 0 Å².